The summed E-state index contributed by atoms with van der Waals surface area (Å²) in [4.78, 5) is 16.9. The second kappa shape index (κ2) is 6.53. The molecule has 1 aliphatic rings. The smallest absolute Gasteiger partial charge is 0.222 e. The Balaban J connectivity index is 1.76. The Bertz CT molecular complexity index is 441. The molecule has 0 aliphatic carbocycles. The van der Waals surface area contributed by atoms with Crippen LogP contribution in [-0.2, 0) is 11.2 Å². The Morgan fingerprint density at radius 3 is 2.95 bits per heavy atom. The lowest BCUT2D eigenvalue weighted by atomic mass is 10.1. The molecule has 0 saturated carbocycles. The van der Waals surface area contributed by atoms with E-state index in [4.69, 9.17) is 0 Å². The maximum absolute atomic E-state index is 12.1. The summed E-state index contributed by atoms with van der Waals surface area (Å²) in [7, 11) is 0. The summed E-state index contributed by atoms with van der Waals surface area (Å²) >= 11 is 1.85. The molecule has 3 nitrogen and oxygen atoms in total. The first-order chi connectivity index (χ1) is 9.06. The molecule has 1 N–H and O–H groups in total. The third-order valence-electron chi connectivity index (χ3n) is 3.70. The van der Waals surface area contributed by atoms with Crippen LogP contribution in [0.3, 0.4) is 0 Å². The van der Waals surface area contributed by atoms with Crippen molar-refractivity contribution in [1.29, 1.82) is 0 Å². The number of nitrogens with one attached hydrogen (secondary N) is 1. The van der Waals surface area contributed by atoms with Gasteiger partial charge in [0.1, 0.15) is 0 Å². The van der Waals surface area contributed by atoms with E-state index in [0.717, 1.165) is 32.5 Å². The molecule has 0 bridgehead atoms. The van der Waals surface area contributed by atoms with Gasteiger partial charge in [-0.15, -0.1) is 11.3 Å². The Morgan fingerprint density at radius 2 is 2.32 bits per heavy atom. The quantitative estimate of drug-likeness (QED) is 0.919. The number of amides is 1. The van der Waals surface area contributed by atoms with Gasteiger partial charge < -0.3 is 10.2 Å². The van der Waals surface area contributed by atoms with Crippen LogP contribution >= 0.6 is 11.3 Å². The molecule has 1 atom stereocenters. The summed E-state index contributed by atoms with van der Waals surface area (Å²) in [6.45, 7) is 9.10. The van der Waals surface area contributed by atoms with Gasteiger partial charge in [-0.1, -0.05) is 0 Å². The van der Waals surface area contributed by atoms with Gasteiger partial charge in [-0.05, 0) is 45.2 Å². The minimum absolute atomic E-state index is 0.318. The highest BCUT2D eigenvalue weighted by molar-refractivity contribution is 7.12. The van der Waals surface area contributed by atoms with Gasteiger partial charge in [0.05, 0.1) is 0 Å². The monoisotopic (exact) mass is 280 g/mol. The summed E-state index contributed by atoms with van der Waals surface area (Å²) in [5.41, 5.74) is 1.42. The SMILES string of the molecule is Cc1cc(CCCC(=O)N2CCN[C@H](C)C2)c(C)s1. The van der Waals surface area contributed by atoms with E-state index in [0.29, 0.717) is 18.4 Å². The summed E-state index contributed by atoms with van der Waals surface area (Å²) in [6, 6.07) is 2.69. The standard InChI is InChI=1S/C15H24N2OS/c1-11-10-17(8-7-16-11)15(18)6-4-5-14-9-12(2)19-13(14)3/h9,11,16H,4-8,10H2,1-3H3/t11-/m1/s1. The second-order valence-corrected chi connectivity index (χ2v) is 6.95. The lowest BCUT2D eigenvalue weighted by molar-refractivity contribution is -0.132. The van der Waals surface area contributed by atoms with E-state index in [-0.39, 0.29) is 0 Å². The third-order valence-corrected chi connectivity index (χ3v) is 4.71. The summed E-state index contributed by atoms with van der Waals surface area (Å²) in [5, 5.41) is 3.37. The molecule has 0 aromatic carbocycles. The molecule has 1 saturated heterocycles. The number of hydrogen-bond acceptors (Lipinski definition) is 3. The van der Waals surface area contributed by atoms with Crippen molar-refractivity contribution in [3.63, 3.8) is 0 Å². The summed E-state index contributed by atoms with van der Waals surface area (Å²) in [5.74, 6) is 0.318. The predicted molar refractivity (Wildman–Crippen MR) is 80.8 cm³/mol. The number of nitrogens with zero attached hydrogens (tertiary/aromatic N) is 1. The summed E-state index contributed by atoms with van der Waals surface area (Å²) < 4.78 is 0. The summed E-state index contributed by atoms with van der Waals surface area (Å²) in [6.07, 6.45) is 2.68. The van der Waals surface area contributed by atoms with Crippen molar-refractivity contribution in [1.82, 2.24) is 10.2 Å². The zero-order valence-electron chi connectivity index (χ0n) is 12.2. The number of carbonyl (C=O) groups excluding carboxylic acids is 1. The molecule has 0 radical (unpaired) electrons. The van der Waals surface area contributed by atoms with Gasteiger partial charge in [0.2, 0.25) is 5.91 Å². The van der Waals surface area contributed by atoms with Crippen LogP contribution in [0.1, 0.15) is 35.1 Å². The van der Waals surface area contributed by atoms with Gasteiger partial charge >= 0.3 is 0 Å². The molecule has 1 aliphatic heterocycles. The molecule has 4 heteroatoms. The van der Waals surface area contributed by atoms with Gasteiger partial charge in [0, 0.05) is 41.9 Å². The Morgan fingerprint density at radius 1 is 1.53 bits per heavy atom. The number of piperazine rings is 1. The van der Waals surface area contributed by atoms with Crippen LogP contribution in [0, 0.1) is 13.8 Å². The molecule has 1 amide bonds. The number of rotatable bonds is 4. The minimum Gasteiger partial charge on any atom is -0.340 e. The third kappa shape index (κ3) is 4.05. The first kappa shape index (κ1) is 14.5. The van der Waals surface area contributed by atoms with Crippen molar-refractivity contribution >= 4 is 17.2 Å². The van der Waals surface area contributed by atoms with E-state index in [1.807, 2.05) is 16.2 Å². The van der Waals surface area contributed by atoms with Gasteiger partial charge in [-0.3, -0.25) is 4.79 Å². The van der Waals surface area contributed by atoms with Gasteiger partial charge in [-0.25, -0.2) is 0 Å². The largest absolute Gasteiger partial charge is 0.340 e. The molecule has 0 spiro atoms. The van der Waals surface area contributed by atoms with E-state index in [2.05, 4.69) is 32.2 Å². The fourth-order valence-electron chi connectivity index (χ4n) is 2.68. The van der Waals surface area contributed by atoms with Crippen molar-refractivity contribution in [2.24, 2.45) is 0 Å². The van der Waals surface area contributed by atoms with Crippen molar-refractivity contribution in [2.45, 2.75) is 46.1 Å². The van der Waals surface area contributed by atoms with Crippen LogP contribution in [-0.4, -0.2) is 36.5 Å². The van der Waals surface area contributed by atoms with E-state index in [9.17, 15) is 4.79 Å². The lowest BCUT2D eigenvalue weighted by Gasteiger charge is -2.32. The highest BCUT2D eigenvalue weighted by Gasteiger charge is 2.19. The zero-order valence-corrected chi connectivity index (χ0v) is 13.0. The van der Waals surface area contributed by atoms with Crippen LogP contribution in [0.25, 0.3) is 0 Å². The van der Waals surface area contributed by atoms with Crippen molar-refractivity contribution in [2.75, 3.05) is 19.6 Å². The number of hydrogen-bond donors (Lipinski definition) is 1. The molecule has 2 heterocycles. The van der Waals surface area contributed by atoms with Crippen molar-refractivity contribution in [3.8, 4) is 0 Å². The minimum atomic E-state index is 0.318. The molecule has 19 heavy (non-hydrogen) atoms. The molecule has 1 aromatic rings. The number of thiophene rings is 1. The second-order valence-electron chi connectivity index (χ2n) is 5.49. The van der Waals surface area contributed by atoms with E-state index >= 15 is 0 Å². The molecule has 106 valence electrons. The van der Waals surface area contributed by atoms with Crippen LogP contribution in [0.4, 0.5) is 0 Å². The molecule has 0 unspecified atom stereocenters. The predicted octanol–water partition coefficient (Wildman–Crippen LogP) is 2.51. The topological polar surface area (TPSA) is 32.3 Å². The molecular formula is C15H24N2OS. The number of carbonyl (C=O) groups is 1. The maximum Gasteiger partial charge on any atom is 0.222 e. The molecule has 1 fully saturated rings. The first-order valence-corrected chi connectivity index (χ1v) is 7.95. The van der Waals surface area contributed by atoms with Gasteiger partial charge in [0.15, 0.2) is 0 Å². The van der Waals surface area contributed by atoms with E-state index < -0.39 is 0 Å². The number of aryl methyl sites for hydroxylation is 3. The van der Waals surface area contributed by atoms with Crippen molar-refractivity contribution < 1.29 is 4.79 Å². The Hall–Kier alpha value is -0.870. The van der Waals surface area contributed by atoms with Crippen LogP contribution in [0.2, 0.25) is 0 Å². The molecular weight excluding hydrogens is 256 g/mol. The van der Waals surface area contributed by atoms with Crippen LogP contribution in [0.15, 0.2) is 6.07 Å². The van der Waals surface area contributed by atoms with Crippen LogP contribution < -0.4 is 5.32 Å². The van der Waals surface area contributed by atoms with Crippen molar-refractivity contribution in [3.05, 3.63) is 21.4 Å². The van der Waals surface area contributed by atoms with E-state index in [1.165, 1.54) is 15.3 Å². The first-order valence-electron chi connectivity index (χ1n) is 7.13. The highest BCUT2D eigenvalue weighted by atomic mass is 32.1. The average molecular weight is 280 g/mol. The maximum atomic E-state index is 12.1. The normalized spacial score (nSPS) is 19.7. The van der Waals surface area contributed by atoms with Crippen LogP contribution in [0.5, 0.6) is 0 Å². The fourth-order valence-corrected chi connectivity index (χ4v) is 3.65. The highest BCUT2D eigenvalue weighted by Crippen LogP contribution is 2.22. The van der Waals surface area contributed by atoms with Gasteiger partial charge in [0.25, 0.3) is 0 Å². The Labute approximate surface area is 120 Å². The van der Waals surface area contributed by atoms with Gasteiger partial charge in [-0.2, -0.15) is 0 Å². The molecule has 1 aromatic heterocycles. The average Bonchev–Trinajstić information content (AvgIpc) is 2.68. The zero-order chi connectivity index (χ0) is 13.8. The lowest BCUT2D eigenvalue weighted by Crippen LogP contribution is -2.51. The molecule has 2 rings (SSSR count). The van der Waals surface area contributed by atoms with E-state index in [1.54, 1.807) is 0 Å². The Kier molecular flexibility index (Phi) is 4.99. The fraction of sp³-hybridized carbons (Fsp3) is 0.667.